The Kier molecular flexibility index (Phi) is 5.00. The maximum atomic E-state index is 13.5. The molecule has 1 fully saturated rings. The lowest BCUT2D eigenvalue weighted by atomic mass is 10.1. The SMILES string of the molecule is Cc1ccc(C(=O)NCc2cc(N3CCOCC3)ncn2)cc1F. The van der Waals surface area contributed by atoms with Crippen LogP contribution < -0.4 is 10.2 Å². The highest BCUT2D eigenvalue weighted by molar-refractivity contribution is 5.94. The molecule has 1 aliphatic rings. The number of amides is 1. The van der Waals surface area contributed by atoms with E-state index < -0.39 is 0 Å². The fraction of sp³-hybridized carbons (Fsp3) is 0.353. The first-order valence-electron chi connectivity index (χ1n) is 7.81. The molecule has 0 atom stereocenters. The van der Waals surface area contributed by atoms with Crippen LogP contribution in [0.3, 0.4) is 0 Å². The lowest BCUT2D eigenvalue weighted by molar-refractivity contribution is 0.0950. The van der Waals surface area contributed by atoms with Crippen molar-refractivity contribution in [3.63, 3.8) is 0 Å². The van der Waals surface area contributed by atoms with Crippen LogP contribution in [0.1, 0.15) is 21.6 Å². The van der Waals surface area contributed by atoms with Crippen molar-refractivity contribution in [2.75, 3.05) is 31.2 Å². The second kappa shape index (κ2) is 7.35. The fourth-order valence-electron chi connectivity index (χ4n) is 2.45. The molecule has 0 aliphatic carbocycles. The van der Waals surface area contributed by atoms with E-state index in [1.165, 1.54) is 12.4 Å². The number of carbonyl (C=O) groups excluding carboxylic acids is 1. The first-order valence-corrected chi connectivity index (χ1v) is 7.81. The number of morpholine rings is 1. The van der Waals surface area contributed by atoms with E-state index in [1.807, 2.05) is 6.07 Å². The number of aromatic nitrogens is 2. The number of carbonyl (C=O) groups is 1. The zero-order valence-corrected chi connectivity index (χ0v) is 13.5. The molecule has 0 spiro atoms. The maximum Gasteiger partial charge on any atom is 0.251 e. The van der Waals surface area contributed by atoms with E-state index in [4.69, 9.17) is 4.74 Å². The van der Waals surface area contributed by atoms with E-state index in [-0.39, 0.29) is 18.3 Å². The average molecular weight is 330 g/mol. The Morgan fingerprint density at radius 3 is 2.83 bits per heavy atom. The lowest BCUT2D eigenvalue weighted by Gasteiger charge is -2.27. The number of hydrogen-bond donors (Lipinski definition) is 1. The molecule has 1 aliphatic heterocycles. The highest BCUT2D eigenvalue weighted by Crippen LogP contribution is 2.13. The molecule has 2 aromatic rings. The van der Waals surface area contributed by atoms with Crippen LogP contribution in [0.25, 0.3) is 0 Å². The number of rotatable bonds is 4. The summed E-state index contributed by atoms with van der Waals surface area (Å²) in [5.74, 6) is 0.0960. The van der Waals surface area contributed by atoms with Crippen LogP contribution in [0.4, 0.5) is 10.2 Å². The van der Waals surface area contributed by atoms with Gasteiger partial charge < -0.3 is 15.0 Å². The smallest absolute Gasteiger partial charge is 0.251 e. The van der Waals surface area contributed by atoms with Crippen molar-refractivity contribution in [2.45, 2.75) is 13.5 Å². The third-order valence-electron chi connectivity index (χ3n) is 3.91. The van der Waals surface area contributed by atoms with E-state index in [2.05, 4.69) is 20.2 Å². The molecule has 1 aromatic carbocycles. The molecule has 1 amide bonds. The average Bonchev–Trinajstić information content (AvgIpc) is 2.63. The van der Waals surface area contributed by atoms with Crippen LogP contribution in [0.5, 0.6) is 0 Å². The van der Waals surface area contributed by atoms with Gasteiger partial charge in [-0.3, -0.25) is 4.79 Å². The summed E-state index contributed by atoms with van der Waals surface area (Å²) in [6.45, 7) is 4.83. The van der Waals surface area contributed by atoms with Gasteiger partial charge in [0.1, 0.15) is 18.0 Å². The number of hydrogen-bond acceptors (Lipinski definition) is 5. The zero-order chi connectivity index (χ0) is 16.9. The summed E-state index contributed by atoms with van der Waals surface area (Å²) < 4.78 is 18.9. The molecule has 1 saturated heterocycles. The first kappa shape index (κ1) is 16.3. The lowest BCUT2D eigenvalue weighted by Crippen LogP contribution is -2.37. The van der Waals surface area contributed by atoms with Gasteiger partial charge in [0.05, 0.1) is 25.5 Å². The second-order valence-corrected chi connectivity index (χ2v) is 5.61. The molecule has 1 aromatic heterocycles. The molecule has 0 unspecified atom stereocenters. The number of nitrogens with zero attached hydrogens (tertiary/aromatic N) is 3. The molecular weight excluding hydrogens is 311 g/mol. The fourth-order valence-corrected chi connectivity index (χ4v) is 2.45. The molecule has 0 bridgehead atoms. The Morgan fingerprint density at radius 1 is 1.29 bits per heavy atom. The summed E-state index contributed by atoms with van der Waals surface area (Å²) in [6, 6.07) is 6.28. The molecule has 1 N–H and O–H groups in total. The second-order valence-electron chi connectivity index (χ2n) is 5.61. The normalized spacial score (nSPS) is 14.5. The van der Waals surface area contributed by atoms with Crippen LogP contribution in [0.2, 0.25) is 0 Å². The number of nitrogens with one attached hydrogen (secondary N) is 1. The number of anilines is 1. The third kappa shape index (κ3) is 3.86. The van der Waals surface area contributed by atoms with Crippen LogP contribution in [-0.2, 0) is 11.3 Å². The number of halogens is 1. The predicted molar refractivity (Wildman–Crippen MR) is 87.4 cm³/mol. The first-order chi connectivity index (χ1) is 11.6. The standard InChI is InChI=1S/C17H19FN4O2/c1-12-2-3-13(8-15(12)18)17(23)19-10-14-9-16(21-11-20-14)22-4-6-24-7-5-22/h2-3,8-9,11H,4-7,10H2,1H3,(H,19,23). The van der Waals surface area contributed by atoms with Crippen molar-refractivity contribution in [2.24, 2.45) is 0 Å². The summed E-state index contributed by atoms with van der Waals surface area (Å²) in [6.07, 6.45) is 1.48. The summed E-state index contributed by atoms with van der Waals surface area (Å²) in [7, 11) is 0. The molecule has 7 heteroatoms. The molecule has 3 rings (SSSR count). The Labute approximate surface area is 139 Å². The van der Waals surface area contributed by atoms with Gasteiger partial charge in [-0.2, -0.15) is 0 Å². The third-order valence-corrected chi connectivity index (χ3v) is 3.91. The van der Waals surface area contributed by atoms with Crippen LogP contribution in [-0.4, -0.2) is 42.2 Å². The van der Waals surface area contributed by atoms with E-state index in [1.54, 1.807) is 19.1 Å². The van der Waals surface area contributed by atoms with E-state index >= 15 is 0 Å². The minimum Gasteiger partial charge on any atom is -0.378 e. The van der Waals surface area contributed by atoms with Crippen molar-refractivity contribution in [1.29, 1.82) is 0 Å². The molecule has 0 radical (unpaired) electrons. The van der Waals surface area contributed by atoms with E-state index in [0.29, 0.717) is 30.0 Å². The number of benzene rings is 1. The Balaban J connectivity index is 1.63. The van der Waals surface area contributed by atoms with Gasteiger partial charge >= 0.3 is 0 Å². The van der Waals surface area contributed by atoms with Gasteiger partial charge in [-0.1, -0.05) is 6.07 Å². The Bertz CT molecular complexity index is 732. The molecule has 0 saturated carbocycles. The topological polar surface area (TPSA) is 67.4 Å². The molecule has 24 heavy (non-hydrogen) atoms. The zero-order valence-electron chi connectivity index (χ0n) is 13.5. The quantitative estimate of drug-likeness (QED) is 0.924. The number of ether oxygens (including phenoxy) is 1. The molecular formula is C17H19FN4O2. The van der Waals surface area contributed by atoms with Crippen molar-refractivity contribution >= 4 is 11.7 Å². The van der Waals surface area contributed by atoms with Crippen molar-refractivity contribution < 1.29 is 13.9 Å². The van der Waals surface area contributed by atoms with Crippen molar-refractivity contribution in [3.8, 4) is 0 Å². The van der Waals surface area contributed by atoms with Gasteiger partial charge in [0.15, 0.2) is 0 Å². The highest BCUT2D eigenvalue weighted by Gasteiger charge is 2.13. The minimum absolute atomic E-state index is 0.258. The largest absolute Gasteiger partial charge is 0.378 e. The predicted octanol–water partition coefficient (Wildman–Crippen LogP) is 1.69. The van der Waals surface area contributed by atoms with E-state index in [9.17, 15) is 9.18 Å². The molecule has 126 valence electrons. The monoisotopic (exact) mass is 330 g/mol. The van der Waals surface area contributed by atoms with E-state index in [0.717, 1.165) is 18.9 Å². The molecule has 2 heterocycles. The van der Waals surface area contributed by atoms with Crippen LogP contribution in [0, 0.1) is 12.7 Å². The van der Waals surface area contributed by atoms with Gasteiger partial charge in [0.2, 0.25) is 0 Å². The maximum absolute atomic E-state index is 13.5. The van der Waals surface area contributed by atoms with Gasteiger partial charge in [-0.25, -0.2) is 14.4 Å². The van der Waals surface area contributed by atoms with Gasteiger partial charge in [-0.05, 0) is 24.6 Å². The van der Waals surface area contributed by atoms with Crippen molar-refractivity contribution in [1.82, 2.24) is 15.3 Å². The number of aryl methyl sites for hydroxylation is 1. The van der Waals surface area contributed by atoms with Crippen molar-refractivity contribution in [3.05, 3.63) is 53.2 Å². The highest BCUT2D eigenvalue weighted by atomic mass is 19.1. The Morgan fingerprint density at radius 2 is 2.08 bits per heavy atom. The van der Waals surface area contributed by atoms with Crippen LogP contribution in [0.15, 0.2) is 30.6 Å². The molecule has 6 nitrogen and oxygen atoms in total. The Hall–Kier alpha value is -2.54. The van der Waals surface area contributed by atoms with Gasteiger partial charge in [0, 0.05) is 24.7 Å². The summed E-state index contributed by atoms with van der Waals surface area (Å²) in [5.41, 5.74) is 1.51. The summed E-state index contributed by atoms with van der Waals surface area (Å²) in [5, 5.41) is 2.75. The van der Waals surface area contributed by atoms with Gasteiger partial charge in [-0.15, -0.1) is 0 Å². The van der Waals surface area contributed by atoms with Crippen LogP contribution >= 0.6 is 0 Å². The van der Waals surface area contributed by atoms with Gasteiger partial charge in [0.25, 0.3) is 5.91 Å². The summed E-state index contributed by atoms with van der Waals surface area (Å²) >= 11 is 0. The summed E-state index contributed by atoms with van der Waals surface area (Å²) in [4.78, 5) is 22.7. The minimum atomic E-state index is -0.390.